The molecule has 2 unspecified atom stereocenters. The fourth-order valence-electron chi connectivity index (χ4n) is 2.48. The van der Waals surface area contributed by atoms with Gasteiger partial charge in [-0.3, -0.25) is 4.79 Å². The third-order valence-corrected chi connectivity index (χ3v) is 3.47. The summed E-state index contributed by atoms with van der Waals surface area (Å²) in [5, 5.41) is 3.35. The van der Waals surface area contributed by atoms with E-state index in [0.29, 0.717) is 11.3 Å². The number of ether oxygens (including phenoxy) is 1. The number of methoxy groups -OCH3 is 1. The Labute approximate surface area is 106 Å². The Morgan fingerprint density at radius 3 is 2.89 bits per heavy atom. The Morgan fingerprint density at radius 1 is 1.44 bits per heavy atom. The summed E-state index contributed by atoms with van der Waals surface area (Å²) in [5.41, 5.74) is 12.7. The fraction of sp³-hybridized carbons (Fsp3) is 0.462. The molecule has 0 aromatic heterocycles. The van der Waals surface area contributed by atoms with Gasteiger partial charge in [0.25, 0.3) is 5.91 Å². The zero-order valence-corrected chi connectivity index (χ0v) is 10.5. The normalized spacial score (nSPS) is 22.9. The molecule has 0 bridgehead atoms. The van der Waals surface area contributed by atoms with Crippen LogP contribution in [-0.4, -0.2) is 25.2 Å². The first kappa shape index (κ1) is 12.7. The molecule has 1 aromatic rings. The van der Waals surface area contributed by atoms with Crippen molar-refractivity contribution in [2.24, 2.45) is 5.73 Å². The second-order valence-corrected chi connectivity index (χ2v) is 4.59. The summed E-state index contributed by atoms with van der Waals surface area (Å²) in [7, 11) is 1.72. The minimum Gasteiger partial charge on any atom is -0.396 e. The van der Waals surface area contributed by atoms with Gasteiger partial charge in [-0.15, -0.1) is 0 Å². The van der Waals surface area contributed by atoms with Crippen molar-refractivity contribution in [3.05, 3.63) is 23.8 Å². The molecule has 5 heteroatoms. The van der Waals surface area contributed by atoms with E-state index in [-0.39, 0.29) is 12.1 Å². The summed E-state index contributed by atoms with van der Waals surface area (Å²) >= 11 is 0. The number of nitrogens with one attached hydrogen (secondary N) is 1. The lowest BCUT2D eigenvalue weighted by Gasteiger charge is -2.22. The van der Waals surface area contributed by atoms with E-state index in [9.17, 15) is 4.79 Å². The van der Waals surface area contributed by atoms with E-state index in [1.54, 1.807) is 19.2 Å². The molecular formula is C13H19N3O2. The maximum Gasteiger partial charge on any atom is 0.250 e. The third-order valence-electron chi connectivity index (χ3n) is 3.47. The molecule has 1 aromatic carbocycles. The maximum atomic E-state index is 11.2. The minimum atomic E-state index is -0.508. The largest absolute Gasteiger partial charge is 0.396 e. The van der Waals surface area contributed by atoms with Crippen LogP contribution in [0.3, 0.4) is 0 Å². The smallest absolute Gasteiger partial charge is 0.250 e. The quantitative estimate of drug-likeness (QED) is 0.702. The van der Waals surface area contributed by atoms with Crippen LogP contribution in [0, 0.1) is 0 Å². The first-order chi connectivity index (χ1) is 8.63. The number of hydrogen-bond donors (Lipinski definition) is 3. The summed E-state index contributed by atoms with van der Waals surface area (Å²) in [6, 6.07) is 5.49. The van der Waals surface area contributed by atoms with E-state index in [4.69, 9.17) is 16.2 Å². The predicted octanol–water partition coefficient (Wildman–Crippen LogP) is 1.35. The van der Waals surface area contributed by atoms with Crippen molar-refractivity contribution in [3.63, 3.8) is 0 Å². The van der Waals surface area contributed by atoms with Crippen LogP contribution in [0.25, 0.3) is 0 Å². The average molecular weight is 249 g/mol. The van der Waals surface area contributed by atoms with Gasteiger partial charge in [0.1, 0.15) is 0 Å². The van der Waals surface area contributed by atoms with Gasteiger partial charge in [-0.2, -0.15) is 0 Å². The topological polar surface area (TPSA) is 90.4 Å². The molecule has 1 saturated carbocycles. The fourth-order valence-corrected chi connectivity index (χ4v) is 2.48. The van der Waals surface area contributed by atoms with Crippen LogP contribution in [0.5, 0.6) is 0 Å². The summed E-state index contributed by atoms with van der Waals surface area (Å²) in [6.07, 6.45) is 3.41. The molecule has 2 atom stereocenters. The number of amides is 1. The summed E-state index contributed by atoms with van der Waals surface area (Å²) in [4.78, 5) is 11.2. The van der Waals surface area contributed by atoms with Crippen LogP contribution >= 0.6 is 0 Å². The van der Waals surface area contributed by atoms with E-state index in [2.05, 4.69) is 5.32 Å². The zero-order chi connectivity index (χ0) is 13.1. The molecule has 0 saturated heterocycles. The number of primary amides is 1. The number of nitrogen functional groups attached to an aromatic ring is 1. The molecule has 0 heterocycles. The zero-order valence-electron chi connectivity index (χ0n) is 10.5. The van der Waals surface area contributed by atoms with Crippen LogP contribution in [-0.2, 0) is 4.74 Å². The van der Waals surface area contributed by atoms with Crippen molar-refractivity contribution in [2.75, 3.05) is 18.2 Å². The number of para-hydroxylation sites is 1. The predicted molar refractivity (Wildman–Crippen MR) is 71.4 cm³/mol. The number of carbonyl (C=O) groups excluding carboxylic acids is 1. The summed E-state index contributed by atoms with van der Waals surface area (Å²) in [5.74, 6) is -0.508. The molecule has 1 aliphatic carbocycles. The molecule has 1 aliphatic rings. The molecule has 0 spiro atoms. The van der Waals surface area contributed by atoms with E-state index < -0.39 is 5.91 Å². The highest BCUT2D eigenvalue weighted by Gasteiger charge is 2.27. The lowest BCUT2D eigenvalue weighted by Crippen LogP contribution is -2.30. The van der Waals surface area contributed by atoms with Crippen molar-refractivity contribution in [2.45, 2.75) is 31.4 Å². The van der Waals surface area contributed by atoms with Crippen molar-refractivity contribution in [1.29, 1.82) is 0 Å². The third kappa shape index (κ3) is 2.41. The molecule has 1 amide bonds. The van der Waals surface area contributed by atoms with E-state index in [1.165, 1.54) is 0 Å². The molecule has 18 heavy (non-hydrogen) atoms. The van der Waals surface area contributed by atoms with E-state index in [0.717, 1.165) is 24.9 Å². The molecule has 98 valence electrons. The van der Waals surface area contributed by atoms with Gasteiger partial charge in [0.2, 0.25) is 0 Å². The molecular weight excluding hydrogens is 230 g/mol. The first-order valence-electron chi connectivity index (χ1n) is 6.11. The van der Waals surface area contributed by atoms with Gasteiger partial charge in [-0.05, 0) is 31.4 Å². The van der Waals surface area contributed by atoms with Gasteiger partial charge in [-0.1, -0.05) is 6.07 Å². The van der Waals surface area contributed by atoms with Crippen molar-refractivity contribution in [3.8, 4) is 0 Å². The van der Waals surface area contributed by atoms with Gasteiger partial charge in [-0.25, -0.2) is 0 Å². The van der Waals surface area contributed by atoms with Crippen LogP contribution in [0.15, 0.2) is 18.2 Å². The highest BCUT2D eigenvalue weighted by Crippen LogP contribution is 2.29. The van der Waals surface area contributed by atoms with E-state index in [1.807, 2.05) is 6.07 Å². The first-order valence-corrected chi connectivity index (χ1v) is 6.11. The lowest BCUT2D eigenvalue weighted by molar-refractivity contribution is 0.100. The molecule has 2 rings (SSSR count). The Bertz CT molecular complexity index is 448. The second-order valence-electron chi connectivity index (χ2n) is 4.59. The second kappa shape index (κ2) is 5.27. The van der Waals surface area contributed by atoms with Gasteiger partial charge in [0, 0.05) is 7.11 Å². The number of anilines is 2. The minimum absolute atomic E-state index is 0.196. The van der Waals surface area contributed by atoms with Gasteiger partial charge < -0.3 is 21.5 Å². The van der Waals surface area contributed by atoms with Crippen molar-refractivity contribution in [1.82, 2.24) is 0 Å². The molecule has 5 nitrogen and oxygen atoms in total. The highest BCUT2D eigenvalue weighted by atomic mass is 16.5. The number of nitrogens with two attached hydrogens (primary N) is 2. The Kier molecular flexibility index (Phi) is 3.72. The van der Waals surface area contributed by atoms with Gasteiger partial charge >= 0.3 is 0 Å². The Hall–Kier alpha value is -1.75. The monoisotopic (exact) mass is 249 g/mol. The summed E-state index contributed by atoms with van der Waals surface area (Å²) < 4.78 is 5.42. The Morgan fingerprint density at radius 2 is 2.22 bits per heavy atom. The highest BCUT2D eigenvalue weighted by molar-refractivity contribution is 6.00. The number of carbonyl (C=O) groups is 1. The Balaban J connectivity index is 2.19. The number of hydrogen-bond acceptors (Lipinski definition) is 4. The van der Waals surface area contributed by atoms with Crippen LogP contribution in [0.2, 0.25) is 0 Å². The molecule has 0 aliphatic heterocycles. The number of benzene rings is 1. The van der Waals surface area contributed by atoms with E-state index >= 15 is 0 Å². The maximum absolute atomic E-state index is 11.2. The molecule has 0 radical (unpaired) electrons. The number of rotatable bonds is 4. The molecule has 5 N–H and O–H groups in total. The molecule has 1 fully saturated rings. The van der Waals surface area contributed by atoms with Crippen LogP contribution < -0.4 is 16.8 Å². The van der Waals surface area contributed by atoms with Gasteiger partial charge in [0.05, 0.1) is 29.1 Å². The van der Waals surface area contributed by atoms with Crippen molar-refractivity contribution >= 4 is 17.3 Å². The average Bonchev–Trinajstić information content (AvgIpc) is 2.78. The van der Waals surface area contributed by atoms with Crippen LogP contribution in [0.4, 0.5) is 11.4 Å². The van der Waals surface area contributed by atoms with Crippen LogP contribution in [0.1, 0.15) is 29.6 Å². The summed E-state index contributed by atoms with van der Waals surface area (Å²) in [6.45, 7) is 0. The van der Waals surface area contributed by atoms with Crippen molar-refractivity contribution < 1.29 is 9.53 Å². The lowest BCUT2D eigenvalue weighted by atomic mass is 10.1. The SMILES string of the molecule is COC1CCCC1Nc1cccc(C(N)=O)c1N. The standard InChI is InChI=1S/C13H19N3O2/c1-18-11-7-3-5-9(11)16-10-6-2-4-8(12(10)14)13(15)17/h2,4,6,9,11,16H,3,5,7,14H2,1H3,(H2,15,17). The van der Waals surface area contributed by atoms with Gasteiger partial charge in [0.15, 0.2) is 0 Å².